The summed E-state index contributed by atoms with van der Waals surface area (Å²) in [6.45, 7) is 1.97. The lowest BCUT2D eigenvalue weighted by atomic mass is 10.1. The second kappa shape index (κ2) is 8.14. The largest absolute Gasteiger partial charge is 0.436 e. The van der Waals surface area contributed by atoms with E-state index in [1.165, 1.54) is 0 Å². The summed E-state index contributed by atoms with van der Waals surface area (Å²) in [4.78, 5) is 16.8. The van der Waals surface area contributed by atoms with Crippen LogP contribution >= 0.6 is 28.1 Å². The normalized spacial score (nSPS) is 10.7. The highest BCUT2D eigenvalue weighted by molar-refractivity contribution is 9.10. The third-order valence-corrected chi connectivity index (χ3v) is 5.01. The summed E-state index contributed by atoms with van der Waals surface area (Å²) in [5.41, 5.74) is 4.60. The lowest BCUT2D eigenvalue weighted by Gasteiger charge is -2.09. The Morgan fingerprint density at radius 1 is 1.03 bits per heavy atom. The topological polar surface area (TPSA) is 67.2 Å². The number of benzene rings is 3. The van der Waals surface area contributed by atoms with Gasteiger partial charge in [-0.15, -0.1) is 0 Å². The van der Waals surface area contributed by atoms with E-state index in [1.807, 2.05) is 61.5 Å². The van der Waals surface area contributed by atoms with Gasteiger partial charge in [0.05, 0.1) is 0 Å². The molecule has 0 aliphatic rings. The zero-order valence-electron chi connectivity index (χ0n) is 15.4. The van der Waals surface area contributed by atoms with E-state index in [1.54, 1.807) is 12.1 Å². The summed E-state index contributed by atoms with van der Waals surface area (Å²) >= 11 is 8.68. The van der Waals surface area contributed by atoms with E-state index >= 15 is 0 Å². The van der Waals surface area contributed by atoms with Gasteiger partial charge in [-0.2, -0.15) is 0 Å². The zero-order chi connectivity index (χ0) is 20.4. The van der Waals surface area contributed by atoms with Gasteiger partial charge in [-0.25, -0.2) is 4.98 Å². The first-order valence-corrected chi connectivity index (χ1v) is 10.0. The van der Waals surface area contributed by atoms with Crippen LogP contribution in [0.2, 0.25) is 0 Å². The van der Waals surface area contributed by atoms with Crippen LogP contribution in [0.4, 0.5) is 5.69 Å². The molecular formula is C22H16BrN3O2S. The Balaban J connectivity index is 1.47. The van der Waals surface area contributed by atoms with E-state index < -0.39 is 0 Å². The molecule has 2 N–H and O–H groups in total. The van der Waals surface area contributed by atoms with Crippen LogP contribution in [0.3, 0.4) is 0 Å². The Hall–Kier alpha value is -3.03. The number of halogens is 1. The van der Waals surface area contributed by atoms with Crippen LogP contribution in [0.5, 0.6) is 0 Å². The molecule has 1 heterocycles. The van der Waals surface area contributed by atoms with E-state index in [0.29, 0.717) is 28.2 Å². The van der Waals surface area contributed by atoms with Crippen LogP contribution in [-0.4, -0.2) is 16.0 Å². The number of carbonyl (C=O) groups is 1. The molecule has 0 aliphatic carbocycles. The highest BCUT2D eigenvalue weighted by Gasteiger charge is 2.11. The first kappa shape index (κ1) is 19.3. The van der Waals surface area contributed by atoms with E-state index in [4.69, 9.17) is 16.6 Å². The second-order valence-electron chi connectivity index (χ2n) is 6.48. The summed E-state index contributed by atoms with van der Waals surface area (Å²) in [5.74, 6) is 0.280. The molecule has 144 valence electrons. The molecule has 5 nitrogen and oxygen atoms in total. The average Bonchev–Trinajstić information content (AvgIpc) is 3.12. The number of thiocarbonyl (C=S) groups is 1. The van der Waals surface area contributed by atoms with Crippen molar-refractivity contribution in [2.24, 2.45) is 0 Å². The van der Waals surface area contributed by atoms with Gasteiger partial charge in [-0.1, -0.05) is 33.6 Å². The first-order chi connectivity index (χ1) is 14.0. The fraction of sp³-hybridized carbons (Fsp3) is 0.0455. The Bertz CT molecular complexity index is 1200. The quantitative estimate of drug-likeness (QED) is 0.380. The summed E-state index contributed by atoms with van der Waals surface area (Å²) in [7, 11) is 0. The van der Waals surface area contributed by atoms with Crippen LogP contribution in [0, 0.1) is 6.92 Å². The van der Waals surface area contributed by atoms with Gasteiger partial charge in [0, 0.05) is 21.3 Å². The van der Waals surface area contributed by atoms with Crippen molar-refractivity contribution in [2.45, 2.75) is 6.92 Å². The van der Waals surface area contributed by atoms with Crippen molar-refractivity contribution in [1.29, 1.82) is 0 Å². The minimum Gasteiger partial charge on any atom is -0.436 e. The number of oxazole rings is 1. The SMILES string of the molecule is Cc1ccc(C(=O)NC(=S)Nc2ccc3oc(-c4ccc(Br)cc4)nc3c2)cc1. The first-order valence-electron chi connectivity index (χ1n) is 8.83. The van der Waals surface area contributed by atoms with Gasteiger partial charge in [0.25, 0.3) is 5.91 Å². The third kappa shape index (κ3) is 4.52. The molecule has 0 saturated carbocycles. The number of fused-ring (bicyclic) bond motifs is 1. The summed E-state index contributed by atoms with van der Waals surface area (Å²) < 4.78 is 6.82. The molecule has 1 amide bonds. The van der Waals surface area contributed by atoms with Crippen LogP contribution in [0.15, 0.2) is 75.6 Å². The maximum absolute atomic E-state index is 12.3. The highest BCUT2D eigenvalue weighted by Crippen LogP contribution is 2.27. The molecule has 0 fully saturated rings. The maximum atomic E-state index is 12.3. The van der Waals surface area contributed by atoms with Crippen LogP contribution in [0.25, 0.3) is 22.6 Å². The molecule has 29 heavy (non-hydrogen) atoms. The monoisotopic (exact) mass is 465 g/mol. The highest BCUT2D eigenvalue weighted by atomic mass is 79.9. The van der Waals surface area contributed by atoms with Gasteiger partial charge in [0.15, 0.2) is 10.7 Å². The van der Waals surface area contributed by atoms with Gasteiger partial charge < -0.3 is 9.73 Å². The van der Waals surface area contributed by atoms with Crippen molar-refractivity contribution in [1.82, 2.24) is 10.3 Å². The Morgan fingerprint density at radius 3 is 2.48 bits per heavy atom. The molecule has 0 saturated heterocycles. The molecule has 3 aromatic carbocycles. The number of rotatable bonds is 3. The minimum absolute atomic E-state index is 0.214. The summed E-state index contributed by atoms with van der Waals surface area (Å²) in [6.07, 6.45) is 0. The average molecular weight is 466 g/mol. The van der Waals surface area contributed by atoms with Gasteiger partial charge in [-0.05, 0) is 73.7 Å². The van der Waals surface area contributed by atoms with Crippen molar-refractivity contribution in [3.05, 3.63) is 82.3 Å². The summed E-state index contributed by atoms with van der Waals surface area (Å²) in [6, 6.07) is 20.5. The fourth-order valence-corrected chi connectivity index (χ4v) is 3.24. The number of anilines is 1. The molecule has 4 rings (SSSR count). The molecule has 7 heteroatoms. The van der Waals surface area contributed by atoms with Crippen molar-refractivity contribution < 1.29 is 9.21 Å². The van der Waals surface area contributed by atoms with Crippen molar-refractivity contribution in [3.63, 3.8) is 0 Å². The zero-order valence-corrected chi connectivity index (χ0v) is 17.8. The van der Waals surface area contributed by atoms with Crippen molar-refractivity contribution >= 4 is 56.0 Å². The lowest BCUT2D eigenvalue weighted by Crippen LogP contribution is -2.34. The Morgan fingerprint density at radius 2 is 1.76 bits per heavy atom. The van der Waals surface area contributed by atoms with E-state index in [2.05, 4.69) is 31.5 Å². The molecule has 1 aromatic heterocycles. The molecule has 0 aliphatic heterocycles. The third-order valence-electron chi connectivity index (χ3n) is 4.28. The van der Waals surface area contributed by atoms with Crippen molar-refractivity contribution in [3.8, 4) is 11.5 Å². The number of aromatic nitrogens is 1. The number of hydrogen-bond donors (Lipinski definition) is 2. The number of aryl methyl sites for hydroxylation is 1. The van der Waals surface area contributed by atoms with Crippen molar-refractivity contribution in [2.75, 3.05) is 5.32 Å². The van der Waals surface area contributed by atoms with Crippen LogP contribution in [0.1, 0.15) is 15.9 Å². The fourth-order valence-electron chi connectivity index (χ4n) is 2.76. The van der Waals surface area contributed by atoms with Gasteiger partial charge in [-0.3, -0.25) is 10.1 Å². The molecule has 0 radical (unpaired) electrons. The lowest BCUT2D eigenvalue weighted by molar-refractivity contribution is 0.0977. The van der Waals surface area contributed by atoms with Gasteiger partial charge in [0.1, 0.15) is 5.52 Å². The predicted octanol–water partition coefficient (Wildman–Crippen LogP) is 5.69. The van der Waals surface area contributed by atoms with Gasteiger partial charge >= 0.3 is 0 Å². The number of nitrogens with one attached hydrogen (secondary N) is 2. The smallest absolute Gasteiger partial charge is 0.257 e. The number of amides is 1. The van der Waals surface area contributed by atoms with E-state index in [-0.39, 0.29) is 11.0 Å². The molecule has 0 spiro atoms. The second-order valence-corrected chi connectivity index (χ2v) is 7.81. The minimum atomic E-state index is -0.262. The Kier molecular flexibility index (Phi) is 5.42. The standard InChI is InChI=1S/C22H16BrN3O2S/c1-13-2-4-14(5-3-13)20(27)26-22(29)24-17-10-11-19-18(12-17)25-21(28-19)15-6-8-16(23)9-7-15/h2-12H,1H3,(H2,24,26,27,29). The van der Waals surface area contributed by atoms with E-state index in [0.717, 1.165) is 15.6 Å². The van der Waals surface area contributed by atoms with Gasteiger partial charge in [0.2, 0.25) is 5.89 Å². The number of nitrogens with zero attached hydrogens (tertiary/aromatic N) is 1. The molecule has 0 unspecified atom stereocenters. The number of hydrogen-bond acceptors (Lipinski definition) is 4. The predicted molar refractivity (Wildman–Crippen MR) is 122 cm³/mol. The molecule has 4 aromatic rings. The maximum Gasteiger partial charge on any atom is 0.257 e. The summed E-state index contributed by atoms with van der Waals surface area (Å²) in [5, 5.41) is 5.91. The number of carbonyl (C=O) groups excluding carboxylic acids is 1. The molecule has 0 atom stereocenters. The van der Waals surface area contributed by atoms with E-state index in [9.17, 15) is 4.79 Å². The molecule has 0 bridgehead atoms. The molecular weight excluding hydrogens is 450 g/mol. The van der Waals surface area contributed by atoms with Crippen LogP contribution in [-0.2, 0) is 0 Å². The van der Waals surface area contributed by atoms with Crippen LogP contribution < -0.4 is 10.6 Å². The Labute approximate surface area is 181 Å².